The van der Waals surface area contributed by atoms with Crippen LogP contribution in [0.1, 0.15) is 50.2 Å². The summed E-state index contributed by atoms with van der Waals surface area (Å²) in [5.41, 5.74) is 3.50. The molecule has 7 heteroatoms. The standard InChI is InChI=1S/C26H30N2O5/c1-16(2)21(23(29)30)14-27-24(31)26(12-7-13-26)28-25(32)33-15-22-19-10-5-3-8-17(19)18-9-4-6-11-20(18)22/h3-6,8-11,16,21-22H,7,12-15H2,1-2H3,(H,27,31)(H,28,32)(H,29,30). The summed E-state index contributed by atoms with van der Waals surface area (Å²) in [6, 6.07) is 16.2. The molecule has 4 rings (SSSR count). The van der Waals surface area contributed by atoms with E-state index in [4.69, 9.17) is 4.74 Å². The van der Waals surface area contributed by atoms with Crippen LogP contribution in [-0.4, -0.2) is 41.8 Å². The molecule has 174 valence electrons. The van der Waals surface area contributed by atoms with Crippen LogP contribution in [-0.2, 0) is 14.3 Å². The van der Waals surface area contributed by atoms with E-state index in [2.05, 4.69) is 34.9 Å². The van der Waals surface area contributed by atoms with Crippen molar-refractivity contribution in [1.29, 1.82) is 0 Å². The van der Waals surface area contributed by atoms with Crippen molar-refractivity contribution in [2.45, 2.75) is 44.6 Å². The van der Waals surface area contributed by atoms with Gasteiger partial charge in [-0.1, -0.05) is 62.4 Å². The predicted octanol–water partition coefficient (Wildman–Crippen LogP) is 3.92. The van der Waals surface area contributed by atoms with Crippen molar-refractivity contribution in [1.82, 2.24) is 10.6 Å². The fraction of sp³-hybridized carbons (Fsp3) is 0.423. The lowest BCUT2D eigenvalue weighted by molar-refractivity contribution is -0.143. The SMILES string of the molecule is CC(C)C(CNC(=O)C1(NC(=O)OCC2c3ccccc3-c3ccccc32)CCC1)C(=O)O. The molecule has 0 bridgehead atoms. The maximum absolute atomic E-state index is 12.8. The summed E-state index contributed by atoms with van der Waals surface area (Å²) in [6.07, 6.45) is 1.18. The Kier molecular flexibility index (Phi) is 6.40. The van der Waals surface area contributed by atoms with Crippen LogP contribution in [0.5, 0.6) is 0 Å². The van der Waals surface area contributed by atoms with Crippen molar-refractivity contribution in [2.24, 2.45) is 11.8 Å². The normalized spacial score (nSPS) is 16.8. The number of carbonyl (C=O) groups excluding carboxylic acids is 2. The Morgan fingerprint density at radius 2 is 1.61 bits per heavy atom. The van der Waals surface area contributed by atoms with E-state index < -0.39 is 23.5 Å². The van der Waals surface area contributed by atoms with Gasteiger partial charge in [0, 0.05) is 12.5 Å². The first kappa shape index (κ1) is 22.8. The lowest BCUT2D eigenvalue weighted by atomic mass is 9.76. The van der Waals surface area contributed by atoms with Crippen LogP contribution < -0.4 is 10.6 Å². The Bertz CT molecular complexity index is 1010. The molecule has 0 spiro atoms. The van der Waals surface area contributed by atoms with Gasteiger partial charge in [0.1, 0.15) is 12.1 Å². The Morgan fingerprint density at radius 3 is 2.09 bits per heavy atom. The molecule has 0 saturated heterocycles. The van der Waals surface area contributed by atoms with Gasteiger partial charge in [-0.3, -0.25) is 9.59 Å². The van der Waals surface area contributed by atoms with Crippen molar-refractivity contribution in [3.63, 3.8) is 0 Å². The van der Waals surface area contributed by atoms with Crippen molar-refractivity contribution in [2.75, 3.05) is 13.2 Å². The number of ether oxygens (including phenoxy) is 1. The van der Waals surface area contributed by atoms with Crippen molar-refractivity contribution >= 4 is 18.0 Å². The van der Waals surface area contributed by atoms with Crippen molar-refractivity contribution < 1.29 is 24.2 Å². The van der Waals surface area contributed by atoms with Crippen molar-refractivity contribution in [3.05, 3.63) is 59.7 Å². The number of carboxylic acids is 1. The van der Waals surface area contributed by atoms with E-state index in [1.807, 2.05) is 24.3 Å². The lowest BCUT2D eigenvalue weighted by Crippen LogP contribution is -2.63. The average molecular weight is 451 g/mol. The van der Waals surface area contributed by atoms with E-state index in [0.29, 0.717) is 12.8 Å². The number of rotatable bonds is 8. The van der Waals surface area contributed by atoms with Gasteiger partial charge < -0.3 is 20.5 Å². The lowest BCUT2D eigenvalue weighted by Gasteiger charge is -2.40. The summed E-state index contributed by atoms with van der Waals surface area (Å²) < 4.78 is 5.60. The molecule has 2 aromatic rings. The molecule has 0 heterocycles. The van der Waals surface area contributed by atoms with Crippen LogP contribution in [0.4, 0.5) is 4.79 Å². The second kappa shape index (κ2) is 9.25. The molecule has 0 aliphatic heterocycles. The van der Waals surface area contributed by atoms with Gasteiger partial charge in [-0.2, -0.15) is 0 Å². The van der Waals surface area contributed by atoms with Crippen LogP contribution in [0.3, 0.4) is 0 Å². The fourth-order valence-electron chi connectivity index (χ4n) is 4.75. The molecule has 0 radical (unpaired) electrons. The highest BCUT2D eigenvalue weighted by atomic mass is 16.5. The minimum atomic E-state index is -1.04. The number of nitrogens with one attached hydrogen (secondary N) is 2. The highest BCUT2D eigenvalue weighted by molar-refractivity contribution is 5.91. The number of carbonyl (C=O) groups is 3. The Morgan fingerprint density at radius 1 is 1.03 bits per heavy atom. The number of benzene rings is 2. The van der Waals surface area contributed by atoms with E-state index in [1.54, 1.807) is 13.8 Å². The number of hydrogen-bond donors (Lipinski definition) is 3. The summed E-state index contributed by atoms with van der Waals surface area (Å²) in [6.45, 7) is 3.81. The molecule has 1 fully saturated rings. The Balaban J connectivity index is 1.38. The van der Waals surface area contributed by atoms with E-state index in [9.17, 15) is 19.5 Å². The quantitative estimate of drug-likeness (QED) is 0.565. The number of hydrogen-bond acceptors (Lipinski definition) is 4. The largest absolute Gasteiger partial charge is 0.481 e. The second-order valence-corrected chi connectivity index (χ2v) is 9.28. The van der Waals surface area contributed by atoms with E-state index in [-0.39, 0.29) is 30.9 Å². The van der Waals surface area contributed by atoms with Crippen LogP contribution in [0.2, 0.25) is 0 Å². The minimum Gasteiger partial charge on any atom is -0.481 e. The van der Waals surface area contributed by atoms with Gasteiger partial charge in [-0.05, 0) is 47.4 Å². The van der Waals surface area contributed by atoms with E-state index in [1.165, 1.54) is 0 Å². The summed E-state index contributed by atoms with van der Waals surface area (Å²) in [5, 5.41) is 14.8. The number of alkyl carbamates (subject to hydrolysis) is 1. The molecule has 3 N–H and O–H groups in total. The van der Waals surface area contributed by atoms with Gasteiger partial charge in [0.05, 0.1) is 5.92 Å². The third kappa shape index (κ3) is 4.45. The predicted molar refractivity (Wildman–Crippen MR) is 124 cm³/mol. The van der Waals surface area contributed by atoms with Crippen LogP contribution >= 0.6 is 0 Å². The molecular formula is C26H30N2O5. The van der Waals surface area contributed by atoms with Crippen LogP contribution in [0, 0.1) is 11.8 Å². The van der Waals surface area contributed by atoms with Gasteiger partial charge >= 0.3 is 12.1 Å². The first-order valence-corrected chi connectivity index (χ1v) is 11.5. The van der Waals surface area contributed by atoms with E-state index in [0.717, 1.165) is 28.7 Å². The highest BCUT2D eigenvalue weighted by Gasteiger charge is 2.46. The maximum Gasteiger partial charge on any atom is 0.408 e. The molecule has 2 aromatic carbocycles. The topological polar surface area (TPSA) is 105 Å². The first-order chi connectivity index (χ1) is 15.8. The molecule has 1 saturated carbocycles. The third-order valence-corrected chi connectivity index (χ3v) is 6.93. The van der Waals surface area contributed by atoms with Crippen LogP contribution in [0.25, 0.3) is 11.1 Å². The van der Waals surface area contributed by atoms with E-state index >= 15 is 0 Å². The summed E-state index contributed by atoms with van der Waals surface area (Å²) in [5.74, 6) is -2.15. The molecular weight excluding hydrogens is 420 g/mol. The van der Waals surface area contributed by atoms with Gasteiger partial charge in [0.15, 0.2) is 0 Å². The molecule has 2 aliphatic rings. The monoisotopic (exact) mass is 450 g/mol. The number of amides is 2. The fourth-order valence-corrected chi connectivity index (χ4v) is 4.75. The highest BCUT2D eigenvalue weighted by Crippen LogP contribution is 2.44. The Hall–Kier alpha value is -3.35. The molecule has 2 aliphatic carbocycles. The molecule has 0 aromatic heterocycles. The minimum absolute atomic E-state index is 0.0277. The average Bonchev–Trinajstić information content (AvgIpc) is 3.08. The number of fused-ring (bicyclic) bond motifs is 3. The van der Waals surface area contributed by atoms with Crippen molar-refractivity contribution in [3.8, 4) is 11.1 Å². The zero-order valence-corrected chi connectivity index (χ0v) is 19.0. The smallest absolute Gasteiger partial charge is 0.408 e. The van der Waals surface area contributed by atoms with Crippen LogP contribution in [0.15, 0.2) is 48.5 Å². The molecule has 2 amide bonds. The van der Waals surface area contributed by atoms with Gasteiger partial charge in [-0.15, -0.1) is 0 Å². The molecule has 1 unspecified atom stereocenters. The molecule has 1 atom stereocenters. The molecule has 7 nitrogen and oxygen atoms in total. The summed E-state index contributed by atoms with van der Waals surface area (Å²) in [4.78, 5) is 36.9. The first-order valence-electron chi connectivity index (χ1n) is 11.5. The second-order valence-electron chi connectivity index (χ2n) is 9.28. The Labute approximate surface area is 193 Å². The number of carboxylic acid groups (broad SMARTS) is 1. The number of aliphatic carboxylic acids is 1. The summed E-state index contributed by atoms with van der Waals surface area (Å²) in [7, 11) is 0. The van der Waals surface area contributed by atoms with Gasteiger partial charge in [0.25, 0.3) is 0 Å². The van der Waals surface area contributed by atoms with Gasteiger partial charge in [0.2, 0.25) is 5.91 Å². The van der Waals surface area contributed by atoms with Gasteiger partial charge in [-0.25, -0.2) is 4.79 Å². The zero-order chi connectivity index (χ0) is 23.6. The maximum atomic E-state index is 12.8. The third-order valence-electron chi connectivity index (χ3n) is 6.93. The molecule has 33 heavy (non-hydrogen) atoms. The zero-order valence-electron chi connectivity index (χ0n) is 19.0. The summed E-state index contributed by atoms with van der Waals surface area (Å²) >= 11 is 0.